The average molecular weight is 108 g/mol. The Labute approximate surface area is 51.2 Å². The van der Waals surface area contributed by atoms with Crippen LogP contribution in [0, 0.1) is 0 Å². The van der Waals surface area contributed by atoms with Crippen LogP contribution in [-0.4, -0.2) is 0 Å². The zero-order valence-corrected chi connectivity index (χ0v) is 5.52. The zero-order chi connectivity index (χ0) is 6.24. The molecule has 0 amide bonds. The Morgan fingerprint density at radius 3 is 2.62 bits per heavy atom. The van der Waals surface area contributed by atoms with Gasteiger partial charge < -0.3 is 0 Å². The van der Waals surface area contributed by atoms with Gasteiger partial charge >= 0.3 is 0 Å². The summed E-state index contributed by atoms with van der Waals surface area (Å²) in [5, 5.41) is 0. The molecule has 0 nitrogen and oxygen atoms in total. The summed E-state index contributed by atoms with van der Waals surface area (Å²) in [5.74, 6) is 0. The highest BCUT2D eigenvalue weighted by Gasteiger charge is 1.61. The molecule has 0 aromatic heterocycles. The lowest BCUT2D eigenvalue weighted by Gasteiger charge is -1.71. The molecule has 0 heteroatoms. The van der Waals surface area contributed by atoms with Crippen LogP contribution >= 0.6 is 0 Å². The molecule has 0 fully saturated rings. The lowest BCUT2D eigenvalue weighted by molar-refractivity contribution is 1.38. The Balaban J connectivity index is 3.30. The van der Waals surface area contributed by atoms with Gasteiger partial charge in [0.15, 0.2) is 0 Å². The Morgan fingerprint density at radius 2 is 2.12 bits per heavy atom. The smallest absolute Gasteiger partial charge is 0.00932 e. The summed E-state index contributed by atoms with van der Waals surface area (Å²) in [7, 11) is 0. The van der Waals surface area contributed by atoms with E-state index in [-0.39, 0.29) is 0 Å². The molecule has 0 aromatic carbocycles. The van der Waals surface area contributed by atoms with Gasteiger partial charge in [0.1, 0.15) is 0 Å². The molecule has 0 atom stereocenters. The lowest BCUT2D eigenvalue weighted by Crippen LogP contribution is -1.50. The number of allylic oxidation sites excluding steroid dienone is 3. The molecule has 0 radical (unpaired) electrons. The minimum atomic E-state index is 1.00. The molecule has 0 unspecified atom stereocenters. The Hall–Kier alpha value is -0.740. The van der Waals surface area contributed by atoms with E-state index in [4.69, 9.17) is 0 Å². The van der Waals surface area contributed by atoms with Gasteiger partial charge in [-0.3, -0.25) is 0 Å². The van der Waals surface area contributed by atoms with Crippen LogP contribution in [0.1, 0.15) is 20.3 Å². The minimum Gasteiger partial charge on any atom is -0.130 e. The Bertz CT molecular complexity index is 112. The third-order valence-corrected chi connectivity index (χ3v) is 0.774. The van der Waals surface area contributed by atoms with Crippen LogP contribution < -0.4 is 0 Å². The summed E-state index contributed by atoms with van der Waals surface area (Å²) in [5.41, 5.74) is 2.98. The second kappa shape index (κ2) is 6.26. The maximum Gasteiger partial charge on any atom is -0.00932 e. The molecule has 0 bridgehead atoms. The number of rotatable bonds is 2. The first kappa shape index (κ1) is 7.26. The van der Waals surface area contributed by atoms with Gasteiger partial charge in [0, 0.05) is 0 Å². The topological polar surface area (TPSA) is 0 Å². The minimum absolute atomic E-state index is 1.00. The second-order valence-corrected chi connectivity index (χ2v) is 1.46. The first-order chi connectivity index (χ1) is 3.91. The van der Waals surface area contributed by atoms with Crippen molar-refractivity contribution in [3.05, 3.63) is 30.0 Å². The van der Waals surface area contributed by atoms with Crippen molar-refractivity contribution in [1.82, 2.24) is 0 Å². The Morgan fingerprint density at radius 1 is 1.38 bits per heavy atom. The fraction of sp³-hybridized carbons (Fsp3) is 0.375. The highest BCUT2D eigenvalue weighted by molar-refractivity contribution is 4.90. The van der Waals surface area contributed by atoms with E-state index in [0.29, 0.717) is 0 Å². The largest absolute Gasteiger partial charge is 0.130 e. The quantitative estimate of drug-likeness (QED) is 0.377. The molecule has 0 aliphatic heterocycles. The maximum absolute atomic E-state index is 2.98. The van der Waals surface area contributed by atoms with E-state index >= 15 is 0 Å². The van der Waals surface area contributed by atoms with Gasteiger partial charge in [-0.1, -0.05) is 12.2 Å². The molecule has 0 saturated carbocycles. The van der Waals surface area contributed by atoms with Gasteiger partial charge in [0.05, 0.1) is 0 Å². The molecule has 0 rings (SSSR count). The van der Waals surface area contributed by atoms with E-state index in [1.165, 1.54) is 0 Å². The standard InChI is InChI=1S/C8H12/c1-3-5-7-8-6-4-2/h3-5,8H,7H2,1-2H3. The average Bonchev–Trinajstić information content (AvgIpc) is 1.81. The van der Waals surface area contributed by atoms with E-state index in [2.05, 4.69) is 11.8 Å². The first-order valence-electron chi connectivity index (χ1n) is 2.88. The molecule has 0 aliphatic carbocycles. The first-order valence-corrected chi connectivity index (χ1v) is 2.88. The highest BCUT2D eigenvalue weighted by atomic mass is 13.7. The van der Waals surface area contributed by atoms with E-state index in [0.717, 1.165) is 6.42 Å². The van der Waals surface area contributed by atoms with Crippen molar-refractivity contribution < 1.29 is 0 Å². The van der Waals surface area contributed by atoms with E-state index in [9.17, 15) is 0 Å². The van der Waals surface area contributed by atoms with Crippen molar-refractivity contribution in [3.8, 4) is 0 Å². The van der Waals surface area contributed by atoms with Gasteiger partial charge in [-0.2, -0.15) is 0 Å². The third-order valence-electron chi connectivity index (χ3n) is 0.774. The van der Waals surface area contributed by atoms with Gasteiger partial charge in [-0.15, -0.1) is 5.73 Å². The number of hydrogen-bond donors (Lipinski definition) is 0. The lowest BCUT2D eigenvalue weighted by atomic mass is 10.4. The van der Waals surface area contributed by atoms with Crippen LogP contribution in [-0.2, 0) is 0 Å². The van der Waals surface area contributed by atoms with Crippen LogP contribution in [0.4, 0.5) is 0 Å². The van der Waals surface area contributed by atoms with Crippen molar-refractivity contribution >= 4 is 0 Å². The molecule has 0 saturated heterocycles. The third kappa shape index (κ3) is 5.26. The van der Waals surface area contributed by atoms with Crippen molar-refractivity contribution in [2.75, 3.05) is 0 Å². The Kier molecular flexibility index (Phi) is 5.68. The molecule has 0 aromatic rings. The maximum atomic E-state index is 2.98. The van der Waals surface area contributed by atoms with E-state index < -0.39 is 0 Å². The van der Waals surface area contributed by atoms with Crippen LogP contribution in [0.5, 0.6) is 0 Å². The van der Waals surface area contributed by atoms with Crippen LogP contribution in [0.3, 0.4) is 0 Å². The van der Waals surface area contributed by atoms with Crippen molar-refractivity contribution in [2.45, 2.75) is 20.3 Å². The predicted molar refractivity (Wildman–Crippen MR) is 37.8 cm³/mol. The van der Waals surface area contributed by atoms with Crippen LogP contribution in [0.2, 0.25) is 0 Å². The van der Waals surface area contributed by atoms with Crippen LogP contribution in [0.15, 0.2) is 30.0 Å². The fourth-order valence-electron chi connectivity index (χ4n) is 0.390. The molecule has 0 spiro atoms. The van der Waals surface area contributed by atoms with E-state index in [1.54, 1.807) is 0 Å². The van der Waals surface area contributed by atoms with E-state index in [1.807, 2.05) is 32.1 Å². The zero-order valence-electron chi connectivity index (χ0n) is 5.52. The van der Waals surface area contributed by atoms with Crippen LogP contribution in [0.25, 0.3) is 0 Å². The molecular weight excluding hydrogens is 96.1 g/mol. The SMILES string of the molecule is CC=C=CCC=CC. The van der Waals surface area contributed by atoms with Gasteiger partial charge in [0.25, 0.3) is 0 Å². The summed E-state index contributed by atoms with van der Waals surface area (Å²) >= 11 is 0. The molecule has 8 heavy (non-hydrogen) atoms. The summed E-state index contributed by atoms with van der Waals surface area (Å²) in [6, 6.07) is 0. The second-order valence-electron chi connectivity index (χ2n) is 1.46. The number of hydrogen-bond acceptors (Lipinski definition) is 0. The molecular formula is C8H12. The van der Waals surface area contributed by atoms with Gasteiger partial charge in [-0.25, -0.2) is 0 Å². The summed E-state index contributed by atoms with van der Waals surface area (Å²) in [6.07, 6.45) is 9.04. The summed E-state index contributed by atoms with van der Waals surface area (Å²) in [4.78, 5) is 0. The van der Waals surface area contributed by atoms with Gasteiger partial charge in [0.2, 0.25) is 0 Å². The molecule has 0 N–H and O–H groups in total. The summed E-state index contributed by atoms with van der Waals surface area (Å²) in [6.45, 7) is 3.98. The molecule has 0 aliphatic rings. The monoisotopic (exact) mass is 108 g/mol. The summed E-state index contributed by atoms with van der Waals surface area (Å²) < 4.78 is 0. The predicted octanol–water partition coefficient (Wildman–Crippen LogP) is 2.68. The van der Waals surface area contributed by atoms with Gasteiger partial charge in [-0.05, 0) is 32.4 Å². The van der Waals surface area contributed by atoms with Crippen molar-refractivity contribution in [1.29, 1.82) is 0 Å². The normalized spacial score (nSPS) is 8.75. The molecule has 44 valence electrons. The van der Waals surface area contributed by atoms with Crippen molar-refractivity contribution in [3.63, 3.8) is 0 Å². The molecule has 0 heterocycles. The highest BCUT2D eigenvalue weighted by Crippen LogP contribution is 1.81. The van der Waals surface area contributed by atoms with Crippen molar-refractivity contribution in [2.24, 2.45) is 0 Å². The fourth-order valence-corrected chi connectivity index (χ4v) is 0.390.